The molecule has 0 bridgehead atoms. The lowest BCUT2D eigenvalue weighted by atomic mass is 9.90. The van der Waals surface area contributed by atoms with Gasteiger partial charge in [-0.15, -0.1) is 0 Å². The van der Waals surface area contributed by atoms with Crippen LogP contribution in [-0.4, -0.2) is 5.78 Å². The third-order valence-corrected chi connectivity index (χ3v) is 1.78. The van der Waals surface area contributed by atoms with Gasteiger partial charge in [0.1, 0.15) is 0 Å². The molecule has 1 aliphatic rings. The van der Waals surface area contributed by atoms with Crippen molar-refractivity contribution in [1.29, 1.82) is 0 Å². The fraction of sp³-hybridized carbons (Fsp3) is 0.625. The third kappa shape index (κ3) is 1.21. The molecule has 0 aromatic carbocycles. The average molecular weight is 123 g/mol. The first-order chi connectivity index (χ1) is 4.22. The van der Waals surface area contributed by atoms with E-state index >= 15 is 0 Å². The maximum absolute atomic E-state index is 11.0. The van der Waals surface area contributed by atoms with Gasteiger partial charge >= 0.3 is 0 Å². The fourth-order valence-corrected chi connectivity index (χ4v) is 1.06. The van der Waals surface area contributed by atoms with E-state index in [1.807, 2.05) is 13.8 Å². The number of carbonyl (C=O) groups is 1. The molecule has 0 fully saturated rings. The van der Waals surface area contributed by atoms with E-state index in [-0.39, 0.29) is 11.7 Å². The van der Waals surface area contributed by atoms with Crippen LogP contribution in [0.25, 0.3) is 0 Å². The summed E-state index contributed by atoms with van der Waals surface area (Å²) in [5.74, 6) is 0.521. The Kier molecular flexibility index (Phi) is 1.70. The summed E-state index contributed by atoms with van der Waals surface area (Å²) in [6.45, 7) is 3.82. The first-order valence-electron chi connectivity index (χ1n) is 3.33. The van der Waals surface area contributed by atoms with Crippen LogP contribution < -0.4 is 0 Å². The van der Waals surface area contributed by atoms with E-state index in [4.69, 9.17) is 0 Å². The first kappa shape index (κ1) is 6.53. The van der Waals surface area contributed by atoms with Crippen molar-refractivity contribution in [2.24, 2.45) is 5.92 Å². The van der Waals surface area contributed by atoms with Crippen molar-refractivity contribution in [1.82, 2.24) is 0 Å². The van der Waals surface area contributed by atoms with Gasteiger partial charge in [0.2, 0.25) is 0 Å². The van der Waals surface area contributed by atoms with Gasteiger partial charge in [-0.05, 0) is 31.4 Å². The summed E-state index contributed by atoms with van der Waals surface area (Å²) < 4.78 is 0. The van der Waals surface area contributed by atoms with E-state index in [0.717, 1.165) is 18.4 Å². The van der Waals surface area contributed by atoms with Crippen LogP contribution in [0.15, 0.2) is 5.57 Å². The summed E-state index contributed by atoms with van der Waals surface area (Å²) in [4.78, 5) is 11.0. The Labute approximate surface area is 55.8 Å². The van der Waals surface area contributed by atoms with Crippen molar-refractivity contribution in [3.63, 3.8) is 0 Å². The van der Waals surface area contributed by atoms with E-state index in [0.29, 0.717) is 0 Å². The van der Waals surface area contributed by atoms with Gasteiger partial charge in [-0.2, -0.15) is 0 Å². The molecule has 0 N–H and O–H groups in total. The molecule has 0 aromatic rings. The number of allylic oxidation sites excluding steroid dienone is 2. The number of rotatable bonds is 0. The van der Waals surface area contributed by atoms with Crippen molar-refractivity contribution in [2.75, 3.05) is 0 Å². The summed E-state index contributed by atoms with van der Waals surface area (Å²) in [6.07, 6.45) is 4.97. The van der Waals surface area contributed by atoms with Crippen LogP contribution >= 0.6 is 0 Å². The molecule has 1 aliphatic carbocycles. The Bertz CT molecular complexity index is 156. The predicted octanol–water partition coefficient (Wildman–Crippen LogP) is 1.73. The van der Waals surface area contributed by atoms with Gasteiger partial charge in [-0.25, -0.2) is 0 Å². The van der Waals surface area contributed by atoms with E-state index in [1.54, 1.807) is 0 Å². The standard InChI is InChI=1S/C8H11O/c1-6-4-3-5-7(2)8(6)9/h6H,3-4H2,1-2H3. The van der Waals surface area contributed by atoms with E-state index < -0.39 is 0 Å². The van der Waals surface area contributed by atoms with Crippen molar-refractivity contribution >= 4 is 5.78 Å². The summed E-state index contributed by atoms with van der Waals surface area (Å²) in [7, 11) is 0. The zero-order chi connectivity index (χ0) is 6.85. The molecule has 1 unspecified atom stereocenters. The van der Waals surface area contributed by atoms with E-state index in [9.17, 15) is 4.79 Å². The minimum atomic E-state index is 0.242. The van der Waals surface area contributed by atoms with Gasteiger partial charge < -0.3 is 0 Å². The van der Waals surface area contributed by atoms with Gasteiger partial charge in [0.05, 0.1) is 0 Å². The molecule has 0 heterocycles. The molecule has 1 atom stereocenters. The smallest absolute Gasteiger partial charge is 0.161 e. The number of hydrogen-bond acceptors (Lipinski definition) is 1. The van der Waals surface area contributed by atoms with Crippen LogP contribution in [-0.2, 0) is 4.79 Å². The van der Waals surface area contributed by atoms with Crippen LogP contribution in [0.2, 0.25) is 0 Å². The summed E-state index contributed by atoms with van der Waals surface area (Å²) in [5, 5.41) is 0. The minimum Gasteiger partial charge on any atom is -0.294 e. The Morgan fingerprint density at radius 3 is 2.78 bits per heavy atom. The molecule has 49 valence electrons. The van der Waals surface area contributed by atoms with Gasteiger partial charge in [0, 0.05) is 5.92 Å². The quantitative estimate of drug-likeness (QED) is 0.479. The Balaban J connectivity index is 2.74. The zero-order valence-electron chi connectivity index (χ0n) is 5.90. The van der Waals surface area contributed by atoms with Crippen molar-refractivity contribution in [2.45, 2.75) is 26.7 Å². The Morgan fingerprint density at radius 2 is 2.33 bits per heavy atom. The normalized spacial score (nSPS) is 28.0. The first-order valence-corrected chi connectivity index (χ1v) is 3.33. The maximum atomic E-state index is 11.0. The second kappa shape index (κ2) is 2.34. The summed E-state index contributed by atoms with van der Waals surface area (Å²) in [5.41, 5.74) is 0.828. The molecule has 0 saturated carbocycles. The molecule has 1 nitrogen and oxygen atoms in total. The molecule has 0 aliphatic heterocycles. The monoisotopic (exact) mass is 123 g/mol. The van der Waals surface area contributed by atoms with Crippen LogP contribution in [0.1, 0.15) is 26.7 Å². The fourth-order valence-electron chi connectivity index (χ4n) is 1.06. The second-order valence-corrected chi connectivity index (χ2v) is 2.61. The Morgan fingerprint density at radius 1 is 1.67 bits per heavy atom. The summed E-state index contributed by atoms with van der Waals surface area (Å²) >= 11 is 0. The molecule has 0 spiro atoms. The lowest BCUT2D eigenvalue weighted by Crippen LogP contribution is -2.15. The number of carbonyl (C=O) groups excluding carboxylic acids is 1. The molecule has 0 aromatic heterocycles. The molecule has 0 saturated heterocycles. The van der Waals surface area contributed by atoms with E-state index in [1.165, 1.54) is 0 Å². The van der Waals surface area contributed by atoms with Crippen LogP contribution in [0.3, 0.4) is 0 Å². The SMILES string of the molecule is CC1=[C]CCC(C)C1=O. The zero-order valence-corrected chi connectivity index (χ0v) is 5.90. The molecular formula is C8H11O. The number of Topliss-reactive ketones (excluding diaryl/α,β-unsaturated/α-hetero) is 1. The lowest BCUT2D eigenvalue weighted by molar-refractivity contribution is -0.119. The van der Waals surface area contributed by atoms with Gasteiger partial charge in [0.25, 0.3) is 0 Å². The van der Waals surface area contributed by atoms with E-state index in [2.05, 4.69) is 6.08 Å². The molecule has 1 rings (SSSR count). The topological polar surface area (TPSA) is 17.1 Å². The van der Waals surface area contributed by atoms with Gasteiger partial charge in [0.15, 0.2) is 5.78 Å². The number of ketones is 1. The highest BCUT2D eigenvalue weighted by Gasteiger charge is 2.17. The van der Waals surface area contributed by atoms with Crippen molar-refractivity contribution in [3.05, 3.63) is 11.6 Å². The highest BCUT2D eigenvalue weighted by atomic mass is 16.1. The average Bonchev–Trinajstić information content (AvgIpc) is 1.83. The van der Waals surface area contributed by atoms with Gasteiger partial charge in [-0.1, -0.05) is 6.92 Å². The van der Waals surface area contributed by atoms with Crippen molar-refractivity contribution < 1.29 is 4.79 Å². The predicted molar refractivity (Wildman–Crippen MR) is 35.8 cm³/mol. The third-order valence-electron chi connectivity index (χ3n) is 1.78. The van der Waals surface area contributed by atoms with Crippen LogP contribution in [0.5, 0.6) is 0 Å². The minimum absolute atomic E-state index is 0.242. The largest absolute Gasteiger partial charge is 0.294 e. The lowest BCUT2D eigenvalue weighted by Gasteiger charge is -2.13. The van der Waals surface area contributed by atoms with Crippen molar-refractivity contribution in [3.8, 4) is 0 Å². The van der Waals surface area contributed by atoms with Gasteiger partial charge in [-0.3, -0.25) is 4.79 Å². The number of hydrogen-bond donors (Lipinski definition) is 0. The molecule has 1 radical (unpaired) electrons. The maximum Gasteiger partial charge on any atom is 0.161 e. The molecule has 1 heteroatoms. The highest BCUT2D eigenvalue weighted by molar-refractivity contribution is 5.96. The highest BCUT2D eigenvalue weighted by Crippen LogP contribution is 2.18. The molecule has 9 heavy (non-hydrogen) atoms. The molecule has 0 amide bonds. The van der Waals surface area contributed by atoms with Crippen LogP contribution in [0, 0.1) is 12.0 Å². The summed E-state index contributed by atoms with van der Waals surface area (Å²) in [6, 6.07) is 0. The Hall–Kier alpha value is -0.590. The van der Waals surface area contributed by atoms with Crippen LogP contribution in [0.4, 0.5) is 0 Å². The molecular weight excluding hydrogens is 112 g/mol. The second-order valence-electron chi connectivity index (χ2n) is 2.61.